The third-order valence-electron chi connectivity index (χ3n) is 6.13. The largest absolute Gasteiger partial charge is 0.477 e. The highest BCUT2D eigenvalue weighted by atomic mass is 16.7. The van der Waals surface area contributed by atoms with Crippen LogP contribution in [0.4, 0.5) is 0 Å². The lowest BCUT2D eigenvalue weighted by Gasteiger charge is -2.36. The minimum atomic E-state index is -2.57. The van der Waals surface area contributed by atoms with E-state index in [1.54, 1.807) is 0 Å². The summed E-state index contributed by atoms with van der Waals surface area (Å²) in [5, 5.41) is 29.6. The number of unbranched alkanes of at least 4 members (excludes halogenated alkanes) is 5. The number of hydrogen-bond donors (Lipinski definition) is 3. The second-order valence-electron chi connectivity index (χ2n) is 8.31. The summed E-state index contributed by atoms with van der Waals surface area (Å²) in [4.78, 5) is 11.2. The molecule has 0 spiro atoms. The van der Waals surface area contributed by atoms with Crippen molar-refractivity contribution in [3.63, 3.8) is 0 Å². The number of methoxy groups -OCH3 is 1. The zero-order valence-corrected chi connectivity index (χ0v) is 17.5. The summed E-state index contributed by atoms with van der Waals surface area (Å²) < 4.78 is 4.69. The number of allylic oxidation sites excluding steroid dienone is 2. The summed E-state index contributed by atoms with van der Waals surface area (Å²) in [5.41, 5.74) is -1.82. The van der Waals surface area contributed by atoms with E-state index in [0.29, 0.717) is 18.3 Å². The summed E-state index contributed by atoms with van der Waals surface area (Å²) in [6.07, 6.45) is 17.8. The van der Waals surface area contributed by atoms with Gasteiger partial charge < -0.3 is 20.1 Å². The van der Waals surface area contributed by atoms with Crippen molar-refractivity contribution in [1.82, 2.24) is 0 Å². The molecule has 158 valence electrons. The zero-order valence-electron chi connectivity index (χ0n) is 17.5. The van der Waals surface area contributed by atoms with Gasteiger partial charge in [-0.1, -0.05) is 57.6 Å². The summed E-state index contributed by atoms with van der Waals surface area (Å²) >= 11 is 0. The Bertz CT molecular complexity index is 460. The van der Waals surface area contributed by atoms with Crippen LogP contribution in [0.1, 0.15) is 90.9 Å². The van der Waals surface area contributed by atoms with E-state index in [1.807, 2.05) is 0 Å². The predicted molar refractivity (Wildman–Crippen MR) is 107 cm³/mol. The number of carbonyl (C=O) groups is 1. The lowest BCUT2D eigenvalue weighted by molar-refractivity contribution is -0.280. The van der Waals surface area contributed by atoms with Gasteiger partial charge in [0.05, 0.1) is 0 Å². The van der Waals surface area contributed by atoms with Crippen LogP contribution in [0, 0.1) is 11.8 Å². The van der Waals surface area contributed by atoms with Crippen molar-refractivity contribution in [2.24, 2.45) is 11.8 Å². The van der Waals surface area contributed by atoms with E-state index < -0.39 is 17.4 Å². The molecule has 0 bridgehead atoms. The van der Waals surface area contributed by atoms with Gasteiger partial charge in [0.15, 0.2) is 0 Å². The molecule has 1 saturated carbocycles. The molecule has 0 amide bonds. The fourth-order valence-electron chi connectivity index (χ4n) is 4.22. The molecule has 0 aromatic rings. The van der Waals surface area contributed by atoms with Crippen molar-refractivity contribution in [2.45, 2.75) is 102 Å². The van der Waals surface area contributed by atoms with E-state index in [4.69, 9.17) is 5.11 Å². The van der Waals surface area contributed by atoms with E-state index in [0.717, 1.165) is 20.0 Å². The van der Waals surface area contributed by atoms with Crippen molar-refractivity contribution in [3.05, 3.63) is 12.2 Å². The molecular formula is C22H40O5. The van der Waals surface area contributed by atoms with Crippen molar-refractivity contribution < 1.29 is 24.9 Å². The number of hydrogen-bond acceptors (Lipinski definition) is 4. The third kappa shape index (κ3) is 7.20. The van der Waals surface area contributed by atoms with Gasteiger partial charge in [0.25, 0.3) is 5.79 Å². The van der Waals surface area contributed by atoms with Crippen LogP contribution in [0.5, 0.6) is 0 Å². The molecule has 3 N–H and O–H groups in total. The summed E-state index contributed by atoms with van der Waals surface area (Å²) in [6, 6.07) is 0. The molecule has 2 unspecified atom stereocenters. The fourth-order valence-corrected chi connectivity index (χ4v) is 4.22. The van der Waals surface area contributed by atoms with E-state index in [1.165, 1.54) is 58.3 Å². The smallest absolute Gasteiger partial charge is 0.367 e. The van der Waals surface area contributed by atoms with Crippen molar-refractivity contribution in [3.8, 4) is 0 Å². The Morgan fingerprint density at radius 3 is 2.52 bits per heavy atom. The quantitative estimate of drug-likeness (QED) is 0.230. The Balaban J connectivity index is 2.36. The normalized spacial score (nSPS) is 24.8. The maximum absolute atomic E-state index is 11.2. The number of aliphatic hydroxyl groups is 2. The lowest BCUT2D eigenvalue weighted by Crippen LogP contribution is -2.59. The van der Waals surface area contributed by atoms with Gasteiger partial charge in [0, 0.05) is 7.11 Å². The molecule has 4 atom stereocenters. The molecule has 0 heterocycles. The van der Waals surface area contributed by atoms with Gasteiger partial charge in [-0.15, -0.1) is 0 Å². The number of carboxylic acids is 1. The molecule has 5 heteroatoms. The van der Waals surface area contributed by atoms with Gasteiger partial charge in [-0.2, -0.15) is 0 Å². The maximum Gasteiger partial charge on any atom is 0.367 e. The Hall–Kier alpha value is -0.910. The van der Waals surface area contributed by atoms with Crippen LogP contribution in [-0.4, -0.2) is 39.8 Å². The third-order valence-corrected chi connectivity index (χ3v) is 6.13. The molecule has 1 aliphatic carbocycles. The highest BCUT2D eigenvalue weighted by molar-refractivity contribution is 5.77. The number of ether oxygens (including phenoxy) is 1. The first-order valence-electron chi connectivity index (χ1n) is 10.7. The highest BCUT2D eigenvalue weighted by Gasteiger charge is 2.52. The molecule has 1 rings (SSSR count). The van der Waals surface area contributed by atoms with E-state index in [-0.39, 0.29) is 6.42 Å². The first kappa shape index (κ1) is 24.1. The first-order valence-corrected chi connectivity index (χ1v) is 10.7. The van der Waals surface area contributed by atoms with Gasteiger partial charge in [-0.25, -0.2) is 4.79 Å². The van der Waals surface area contributed by atoms with Gasteiger partial charge in [-0.3, -0.25) is 0 Å². The van der Waals surface area contributed by atoms with Crippen LogP contribution >= 0.6 is 0 Å². The SMILES string of the molecule is CCCCCCC=C[C@H]1CCC[C@@H]1CCCCC(C)(O)C(O)(OC)C(=O)O. The molecule has 27 heavy (non-hydrogen) atoms. The topological polar surface area (TPSA) is 87.0 Å². The Morgan fingerprint density at radius 2 is 1.89 bits per heavy atom. The number of rotatable bonds is 14. The Labute approximate surface area is 164 Å². The lowest BCUT2D eigenvalue weighted by atomic mass is 9.86. The van der Waals surface area contributed by atoms with Gasteiger partial charge in [0.1, 0.15) is 5.60 Å². The maximum atomic E-state index is 11.2. The average molecular weight is 385 g/mol. The van der Waals surface area contributed by atoms with Crippen LogP contribution < -0.4 is 0 Å². The minimum Gasteiger partial charge on any atom is -0.477 e. The van der Waals surface area contributed by atoms with Crippen molar-refractivity contribution in [1.29, 1.82) is 0 Å². The standard InChI is InChI=1S/C22H40O5/c1-4-5-6-7-8-9-13-18-15-12-16-19(18)14-10-11-17-21(2,25)22(26,27-3)20(23)24/h9,13,18-19,25-26H,4-8,10-12,14-17H2,1-3H3,(H,23,24)/t18-,19-,21?,22?/m0/s1. The molecule has 0 aromatic carbocycles. The second kappa shape index (κ2) is 11.8. The van der Waals surface area contributed by atoms with Crippen LogP contribution in [0.15, 0.2) is 12.2 Å². The zero-order chi connectivity index (χ0) is 20.3. The first-order chi connectivity index (χ1) is 12.8. The Morgan fingerprint density at radius 1 is 1.15 bits per heavy atom. The second-order valence-corrected chi connectivity index (χ2v) is 8.31. The van der Waals surface area contributed by atoms with Crippen molar-refractivity contribution in [2.75, 3.05) is 7.11 Å². The van der Waals surface area contributed by atoms with Gasteiger partial charge in [-0.05, 0) is 57.3 Å². The van der Waals surface area contributed by atoms with Crippen LogP contribution in [0.25, 0.3) is 0 Å². The van der Waals surface area contributed by atoms with Gasteiger partial charge in [0.2, 0.25) is 0 Å². The fraction of sp³-hybridized carbons (Fsp3) is 0.864. The van der Waals surface area contributed by atoms with E-state index in [9.17, 15) is 15.0 Å². The summed E-state index contributed by atoms with van der Waals surface area (Å²) in [6.45, 7) is 3.56. The van der Waals surface area contributed by atoms with E-state index >= 15 is 0 Å². The van der Waals surface area contributed by atoms with Crippen molar-refractivity contribution >= 4 is 5.97 Å². The van der Waals surface area contributed by atoms with Crippen LogP contribution in [-0.2, 0) is 9.53 Å². The van der Waals surface area contributed by atoms with E-state index in [2.05, 4.69) is 23.8 Å². The van der Waals surface area contributed by atoms with Crippen LogP contribution in [0.3, 0.4) is 0 Å². The highest BCUT2D eigenvalue weighted by Crippen LogP contribution is 2.37. The summed E-state index contributed by atoms with van der Waals surface area (Å²) in [5.74, 6) is -2.78. The number of aliphatic carboxylic acids is 1. The minimum absolute atomic E-state index is 0.189. The molecule has 0 saturated heterocycles. The van der Waals surface area contributed by atoms with Gasteiger partial charge >= 0.3 is 5.97 Å². The molecule has 0 radical (unpaired) electrons. The monoisotopic (exact) mass is 384 g/mol. The molecule has 5 nitrogen and oxygen atoms in total. The number of carboxylic acid groups (broad SMARTS) is 1. The molecule has 1 fully saturated rings. The molecule has 0 aromatic heterocycles. The molecule has 0 aliphatic heterocycles. The average Bonchev–Trinajstić information content (AvgIpc) is 3.07. The molecule has 1 aliphatic rings. The molecular weight excluding hydrogens is 344 g/mol. The predicted octanol–water partition coefficient (Wildman–Crippen LogP) is 4.66. The Kier molecular flexibility index (Phi) is 10.6. The summed E-state index contributed by atoms with van der Waals surface area (Å²) in [7, 11) is 1.10. The van der Waals surface area contributed by atoms with Crippen LogP contribution in [0.2, 0.25) is 0 Å².